The van der Waals surface area contributed by atoms with E-state index in [1.807, 2.05) is 6.21 Å². The molecular weight excluding hydrogens is 436 g/mol. The number of thiophene rings is 1. The fourth-order valence-electron chi connectivity index (χ4n) is 4.89. The van der Waals surface area contributed by atoms with E-state index in [-0.39, 0.29) is 0 Å². The van der Waals surface area contributed by atoms with Gasteiger partial charge >= 0.3 is 0 Å². The van der Waals surface area contributed by atoms with E-state index in [1.54, 1.807) is 11.3 Å². The summed E-state index contributed by atoms with van der Waals surface area (Å²) < 4.78 is 2.29. The van der Waals surface area contributed by atoms with Crippen LogP contribution in [0.2, 0.25) is 0 Å². The number of hydrogen-bond acceptors (Lipinski definition) is 4. The summed E-state index contributed by atoms with van der Waals surface area (Å²) >= 11 is 1.66. The maximum Gasteiger partial charge on any atom is 0.134 e. The van der Waals surface area contributed by atoms with Crippen LogP contribution in [0, 0.1) is 11.3 Å². The fourth-order valence-corrected chi connectivity index (χ4v) is 6.12. The first-order chi connectivity index (χ1) is 16.7. The van der Waals surface area contributed by atoms with Crippen LogP contribution in [0.15, 0.2) is 77.9 Å². The summed E-state index contributed by atoms with van der Waals surface area (Å²) in [5, 5.41) is 14.3. The Morgan fingerprint density at radius 3 is 2.76 bits per heavy atom. The Hall–Kier alpha value is -3.72. The average molecular weight is 461 g/mol. The highest BCUT2D eigenvalue weighted by molar-refractivity contribution is 7.16. The van der Waals surface area contributed by atoms with Gasteiger partial charge in [0.2, 0.25) is 0 Å². The molecule has 1 aliphatic rings. The van der Waals surface area contributed by atoms with Gasteiger partial charge in [0.05, 0.1) is 5.56 Å². The van der Waals surface area contributed by atoms with Crippen molar-refractivity contribution in [2.45, 2.75) is 19.5 Å². The second-order valence-electron chi connectivity index (χ2n) is 8.95. The van der Waals surface area contributed by atoms with Crippen LogP contribution in [0.3, 0.4) is 0 Å². The molecule has 0 amide bonds. The number of likely N-dealkylation sites (N-methyl/N-ethyl adjacent to an activating group) is 1. The van der Waals surface area contributed by atoms with Gasteiger partial charge in [0.15, 0.2) is 0 Å². The van der Waals surface area contributed by atoms with Crippen molar-refractivity contribution in [3.05, 3.63) is 100 Å². The molecule has 34 heavy (non-hydrogen) atoms. The molecule has 0 N–H and O–H groups in total. The number of hydrogen-bond donors (Lipinski definition) is 0. The van der Waals surface area contributed by atoms with Gasteiger partial charge in [-0.05, 0) is 47.5 Å². The second kappa shape index (κ2) is 8.57. The molecule has 4 nitrogen and oxygen atoms in total. The highest BCUT2D eigenvalue weighted by Gasteiger charge is 2.22. The van der Waals surface area contributed by atoms with Crippen LogP contribution in [0.1, 0.15) is 27.1 Å². The Kier molecular flexibility index (Phi) is 5.26. The lowest BCUT2D eigenvalue weighted by atomic mass is 10.0. The highest BCUT2D eigenvalue weighted by Crippen LogP contribution is 2.38. The molecule has 3 aromatic carbocycles. The van der Waals surface area contributed by atoms with Crippen molar-refractivity contribution in [2.24, 2.45) is 4.99 Å². The van der Waals surface area contributed by atoms with E-state index < -0.39 is 0 Å². The number of nitriles is 1. The quantitative estimate of drug-likeness (QED) is 0.287. The van der Waals surface area contributed by atoms with Crippen LogP contribution < -0.4 is 0 Å². The molecule has 0 saturated carbocycles. The number of aliphatic imine (C=N–C) groups is 1. The first kappa shape index (κ1) is 20.9. The van der Waals surface area contributed by atoms with Crippen molar-refractivity contribution < 1.29 is 0 Å². The molecule has 3 heterocycles. The Morgan fingerprint density at radius 1 is 1.06 bits per heavy atom. The fraction of sp³-hybridized carbons (Fsp3) is 0.172. The first-order valence-electron chi connectivity index (χ1n) is 11.5. The minimum absolute atomic E-state index is 0.754. The molecule has 0 spiro atoms. The van der Waals surface area contributed by atoms with Gasteiger partial charge in [-0.15, -0.1) is 11.3 Å². The predicted molar refractivity (Wildman–Crippen MR) is 141 cm³/mol. The highest BCUT2D eigenvalue weighted by atomic mass is 32.1. The van der Waals surface area contributed by atoms with Crippen molar-refractivity contribution in [1.29, 1.82) is 5.26 Å². The van der Waals surface area contributed by atoms with Crippen molar-refractivity contribution in [1.82, 2.24) is 9.47 Å². The molecule has 5 heteroatoms. The number of nitrogens with zero attached hydrogens (tertiary/aromatic N) is 4. The minimum Gasteiger partial charge on any atom is -0.342 e. The van der Waals surface area contributed by atoms with Gasteiger partial charge in [-0.25, -0.2) is 4.99 Å². The average Bonchev–Trinajstić information content (AvgIpc) is 3.39. The van der Waals surface area contributed by atoms with Gasteiger partial charge in [-0.3, -0.25) is 0 Å². The third-order valence-electron chi connectivity index (χ3n) is 6.65. The largest absolute Gasteiger partial charge is 0.342 e. The zero-order valence-electron chi connectivity index (χ0n) is 19.0. The summed E-state index contributed by atoms with van der Waals surface area (Å²) in [5.74, 6) is 0. The van der Waals surface area contributed by atoms with Gasteiger partial charge in [0.25, 0.3) is 0 Å². The summed E-state index contributed by atoms with van der Waals surface area (Å²) in [6.45, 7) is 2.68. The molecular formula is C29H24N4S. The molecule has 1 aliphatic heterocycles. The number of benzene rings is 3. The molecule has 0 atom stereocenters. The van der Waals surface area contributed by atoms with Crippen molar-refractivity contribution in [2.75, 3.05) is 13.6 Å². The minimum atomic E-state index is 0.754. The third kappa shape index (κ3) is 3.71. The molecule has 6 rings (SSSR count). The van der Waals surface area contributed by atoms with Gasteiger partial charge in [0, 0.05) is 53.4 Å². The van der Waals surface area contributed by atoms with E-state index in [4.69, 9.17) is 4.99 Å². The first-order valence-corrected chi connectivity index (χ1v) is 12.3. The van der Waals surface area contributed by atoms with E-state index in [9.17, 15) is 5.26 Å². The predicted octanol–water partition coefficient (Wildman–Crippen LogP) is 6.51. The van der Waals surface area contributed by atoms with Crippen LogP contribution in [0.4, 0.5) is 5.00 Å². The zero-order chi connectivity index (χ0) is 23.1. The molecule has 2 aromatic heterocycles. The zero-order valence-corrected chi connectivity index (χ0v) is 19.8. The number of fused-ring (bicyclic) bond motifs is 3. The van der Waals surface area contributed by atoms with Crippen molar-refractivity contribution >= 4 is 44.2 Å². The Morgan fingerprint density at radius 2 is 1.88 bits per heavy atom. The number of rotatable bonds is 4. The second-order valence-corrected chi connectivity index (χ2v) is 10.0. The summed E-state index contributed by atoms with van der Waals surface area (Å²) in [6.07, 6.45) is 5.03. The van der Waals surface area contributed by atoms with Gasteiger partial charge in [-0.1, -0.05) is 54.6 Å². The molecule has 0 radical (unpaired) electrons. The number of aromatic nitrogens is 1. The molecule has 0 fully saturated rings. The Balaban J connectivity index is 1.36. The summed E-state index contributed by atoms with van der Waals surface area (Å²) in [7, 11) is 2.13. The molecule has 5 aromatic rings. The smallest absolute Gasteiger partial charge is 0.134 e. The van der Waals surface area contributed by atoms with Crippen molar-refractivity contribution in [3.8, 4) is 6.07 Å². The molecule has 0 bridgehead atoms. The van der Waals surface area contributed by atoms with E-state index in [1.165, 1.54) is 37.7 Å². The topological polar surface area (TPSA) is 44.3 Å². The van der Waals surface area contributed by atoms with E-state index >= 15 is 0 Å². The van der Waals surface area contributed by atoms with Crippen LogP contribution in [-0.4, -0.2) is 29.3 Å². The molecule has 0 unspecified atom stereocenters. The number of para-hydroxylation sites is 1. The van der Waals surface area contributed by atoms with Crippen LogP contribution >= 0.6 is 11.3 Å². The van der Waals surface area contributed by atoms with E-state index in [0.29, 0.717) is 0 Å². The standard InChI is InChI=1S/C29H24N4S/c1-32-13-12-25-26(15-30)29(34-28(25)19-32)31-16-23-18-33(27-9-5-4-8-24(23)27)17-20-10-11-21-6-2-3-7-22(21)14-20/h2-11,14,16,18H,12-13,17,19H2,1H3. The van der Waals surface area contributed by atoms with Gasteiger partial charge in [-0.2, -0.15) is 5.26 Å². The normalized spacial score (nSPS) is 14.1. The van der Waals surface area contributed by atoms with Crippen LogP contribution in [-0.2, 0) is 19.5 Å². The summed E-state index contributed by atoms with van der Waals surface area (Å²) in [4.78, 5) is 8.40. The SMILES string of the molecule is CN1CCc2c(sc(N=Cc3cn(Cc4ccc5ccccc5c4)c4ccccc34)c2C#N)C1. The van der Waals surface area contributed by atoms with Crippen molar-refractivity contribution in [3.63, 3.8) is 0 Å². The van der Waals surface area contributed by atoms with E-state index in [2.05, 4.69) is 95.5 Å². The Labute approximate surface area is 203 Å². The molecule has 0 aliphatic carbocycles. The lowest BCUT2D eigenvalue weighted by Crippen LogP contribution is -2.25. The van der Waals surface area contributed by atoms with Crippen LogP contribution in [0.5, 0.6) is 0 Å². The maximum absolute atomic E-state index is 9.81. The molecule has 166 valence electrons. The molecule has 0 saturated heterocycles. The lowest BCUT2D eigenvalue weighted by Gasteiger charge is -2.21. The monoisotopic (exact) mass is 460 g/mol. The lowest BCUT2D eigenvalue weighted by molar-refractivity contribution is 0.317. The van der Waals surface area contributed by atoms with Crippen LogP contribution in [0.25, 0.3) is 21.7 Å². The summed E-state index contributed by atoms with van der Waals surface area (Å²) in [6, 6.07) is 26.0. The maximum atomic E-state index is 9.81. The summed E-state index contributed by atoms with van der Waals surface area (Å²) in [5.41, 5.74) is 5.47. The Bertz CT molecular complexity index is 1600. The third-order valence-corrected chi connectivity index (χ3v) is 7.77. The van der Waals surface area contributed by atoms with Gasteiger partial charge < -0.3 is 9.47 Å². The van der Waals surface area contributed by atoms with Gasteiger partial charge in [0.1, 0.15) is 11.1 Å². The van der Waals surface area contributed by atoms with E-state index in [0.717, 1.165) is 42.2 Å².